The van der Waals surface area contributed by atoms with E-state index in [4.69, 9.17) is 0 Å². The van der Waals surface area contributed by atoms with Crippen molar-refractivity contribution in [1.29, 1.82) is 0 Å². The zero-order chi connectivity index (χ0) is 11.5. The van der Waals surface area contributed by atoms with E-state index < -0.39 is 0 Å². The highest BCUT2D eigenvalue weighted by Gasteiger charge is 2.30. The van der Waals surface area contributed by atoms with Gasteiger partial charge in [0, 0.05) is 11.4 Å². The molecule has 1 aromatic heterocycles. The predicted molar refractivity (Wildman–Crippen MR) is 66.4 cm³/mol. The molecular formula is C12H18N2OS. The molecule has 4 heteroatoms. The Balaban J connectivity index is 1.92. The minimum atomic E-state index is 0.125. The monoisotopic (exact) mass is 238 g/mol. The van der Waals surface area contributed by atoms with Crippen LogP contribution in [0.1, 0.15) is 24.8 Å². The predicted octanol–water partition coefficient (Wildman–Crippen LogP) is 1.78. The first-order chi connectivity index (χ1) is 7.68. The second-order valence-corrected chi connectivity index (χ2v) is 5.47. The van der Waals surface area contributed by atoms with E-state index in [1.165, 1.54) is 4.88 Å². The maximum absolute atomic E-state index is 12.0. The molecule has 2 rings (SSSR count). The average molecular weight is 238 g/mol. The summed E-state index contributed by atoms with van der Waals surface area (Å²) in [4.78, 5) is 13.2. The second-order valence-electron chi connectivity index (χ2n) is 4.49. The molecule has 0 radical (unpaired) electrons. The molecule has 3 unspecified atom stereocenters. The second kappa shape index (κ2) is 4.97. The van der Waals surface area contributed by atoms with E-state index in [2.05, 4.69) is 23.6 Å². The van der Waals surface area contributed by atoms with Crippen LogP contribution in [-0.2, 0) is 4.79 Å². The molecule has 1 aliphatic rings. The summed E-state index contributed by atoms with van der Waals surface area (Å²) in [7, 11) is 0. The summed E-state index contributed by atoms with van der Waals surface area (Å²) in [6, 6.07) is 4.20. The first kappa shape index (κ1) is 11.6. The van der Waals surface area contributed by atoms with Gasteiger partial charge in [-0.1, -0.05) is 13.0 Å². The molecule has 3 atom stereocenters. The Morgan fingerprint density at radius 1 is 1.62 bits per heavy atom. The topological polar surface area (TPSA) is 41.1 Å². The highest BCUT2D eigenvalue weighted by atomic mass is 32.1. The SMILES string of the molecule is CC(NC(=O)C1CNCC1C)c1cccs1. The summed E-state index contributed by atoms with van der Waals surface area (Å²) in [6.07, 6.45) is 0. The molecule has 1 aromatic rings. The molecule has 88 valence electrons. The minimum absolute atomic E-state index is 0.125. The molecule has 1 fully saturated rings. The van der Waals surface area contributed by atoms with Gasteiger partial charge in [-0.25, -0.2) is 0 Å². The number of carbonyl (C=O) groups is 1. The van der Waals surface area contributed by atoms with Gasteiger partial charge in [0.25, 0.3) is 0 Å². The van der Waals surface area contributed by atoms with E-state index in [1.54, 1.807) is 11.3 Å². The van der Waals surface area contributed by atoms with Gasteiger partial charge in [-0.2, -0.15) is 0 Å². The van der Waals surface area contributed by atoms with Crippen molar-refractivity contribution in [2.24, 2.45) is 11.8 Å². The highest BCUT2D eigenvalue weighted by molar-refractivity contribution is 7.10. The van der Waals surface area contributed by atoms with E-state index >= 15 is 0 Å². The molecule has 0 aromatic carbocycles. The third kappa shape index (κ3) is 2.44. The summed E-state index contributed by atoms with van der Waals surface area (Å²) < 4.78 is 0. The van der Waals surface area contributed by atoms with Crippen LogP contribution in [0.2, 0.25) is 0 Å². The smallest absolute Gasteiger partial charge is 0.225 e. The normalized spacial score (nSPS) is 26.6. The fourth-order valence-corrected chi connectivity index (χ4v) is 2.82. The average Bonchev–Trinajstić information content (AvgIpc) is 2.86. The molecule has 3 nitrogen and oxygen atoms in total. The number of amides is 1. The fourth-order valence-electron chi connectivity index (χ4n) is 2.09. The molecule has 1 amide bonds. The van der Waals surface area contributed by atoms with Crippen molar-refractivity contribution in [3.63, 3.8) is 0 Å². The number of rotatable bonds is 3. The van der Waals surface area contributed by atoms with Gasteiger partial charge in [0.1, 0.15) is 0 Å². The number of nitrogens with one attached hydrogen (secondary N) is 2. The van der Waals surface area contributed by atoms with Crippen LogP contribution in [0.4, 0.5) is 0 Å². The Morgan fingerprint density at radius 3 is 3.00 bits per heavy atom. The number of hydrogen-bond acceptors (Lipinski definition) is 3. The zero-order valence-corrected chi connectivity index (χ0v) is 10.5. The van der Waals surface area contributed by atoms with Gasteiger partial charge in [0.2, 0.25) is 5.91 Å². The molecule has 1 aliphatic heterocycles. The zero-order valence-electron chi connectivity index (χ0n) is 9.69. The number of hydrogen-bond donors (Lipinski definition) is 2. The van der Waals surface area contributed by atoms with Crippen LogP contribution in [0.3, 0.4) is 0 Å². The number of carbonyl (C=O) groups excluding carboxylic acids is 1. The van der Waals surface area contributed by atoms with E-state index in [9.17, 15) is 4.79 Å². The molecule has 0 spiro atoms. The van der Waals surface area contributed by atoms with E-state index in [-0.39, 0.29) is 17.9 Å². The maximum Gasteiger partial charge on any atom is 0.225 e. The standard InChI is InChI=1S/C12H18N2OS/c1-8-6-13-7-10(8)12(15)14-9(2)11-4-3-5-16-11/h3-5,8-10,13H,6-7H2,1-2H3,(H,14,15). The van der Waals surface area contributed by atoms with Crippen molar-refractivity contribution in [2.75, 3.05) is 13.1 Å². The van der Waals surface area contributed by atoms with Crippen LogP contribution in [0.25, 0.3) is 0 Å². The van der Waals surface area contributed by atoms with E-state index in [1.807, 2.05) is 18.4 Å². The van der Waals surface area contributed by atoms with Crippen molar-refractivity contribution in [2.45, 2.75) is 19.9 Å². The van der Waals surface area contributed by atoms with E-state index in [0.717, 1.165) is 13.1 Å². The Hall–Kier alpha value is -0.870. The van der Waals surface area contributed by atoms with Gasteiger partial charge >= 0.3 is 0 Å². The van der Waals surface area contributed by atoms with Crippen LogP contribution in [0.5, 0.6) is 0 Å². The molecule has 0 aliphatic carbocycles. The summed E-state index contributed by atoms with van der Waals surface area (Å²) in [5.74, 6) is 0.747. The first-order valence-corrected chi connectivity index (χ1v) is 6.61. The van der Waals surface area contributed by atoms with Crippen molar-refractivity contribution in [1.82, 2.24) is 10.6 Å². The molecule has 0 saturated carbocycles. The summed E-state index contributed by atoms with van der Waals surface area (Å²) >= 11 is 1.69. The van der Waals surface area contributed by atoms with Crippen molar-refractivity contribution >= 4 is 17.2 Å². The van der Waals surface area contributed by atoms with Crippen LogP contribution in [-0.4, -0.2) is 19.0 Å². The maximum atomic E-state index is 12.0. The van der Waals surface area contributed by atoms with Crippen LogP contribution in [0, 0.1) is 11.8 Å². The molecule has 16 heavy (non-hydrogen) atoms. The van der Waals surface area contributed by atoms with Gasteiger partial charge in [0.15, 0.2) is 0 Å². The lowest BCUT2D eigenvalue weighted by atomic mass is 9.97. The summed E-state index contributed by atoms with van der Waals surface area (Å²) in [5, 5.41) is 8.38. The molecule has 2 N–H and O–H groups in total. The third-order valence-corrected chi connectivity index (χ3v) is 4.24. The van der Waals surface area contributed by atoms with Gasteiger partial charge in [-0.15, -0.1) is 11.3 Å². The lowest BCUT2D eigenvalue weighted by Crippen LogP contribution is -2.35. The quantitative estimate of drug-likeness (QED) is 0.843. The Labute approximate surface area is 100 Å². The van der Waals surface area contributed by atoms with Gasteiger partial charge in [-0.3, -0.25) is 4.79 Å². The first-order valence-electron chi connectivity index (χ1n) is 5.73. The Kier molecular flexibility index (Phi) is 3.61. The Bertz CT molecular complexity index is 350. The molecule has 1 saturated heterocycles. The van der Waals surface area contributed by atoms with Crippen LogP contribution >= 0.6 is 11.3 Å². The van der Waals surface area contributed by atoms with Gasteiger partial charge in [0.05, 0.1) is 12.0 Å². The summed E-state index contributed by atoms with van der Waals surface area (Å²) in [6.45, 7) is 5.92. The molecular weight excluding hydrogens is 220 g/mol. The van der Waals surface area contributed by atoms with E-state index in [0.29, 0.717) is 5.92 Å². The van der Waals surface area contributed by atoms with Crippen molar-refractivity contribution in [3.8, 4) is 0 Å². The minimum Gasteiger partial charge on any atom is -0.348 e. The largest absolute Gasteiger partial charge is 0.348 e. The van der Waals surface area contributed by atoms with Crippen LogP contribution in [0.15, 0.2) is 17.5 Å². The number of thiophene rings is 1. The summed E-state index contributed by atoms with van der Waals surface area (Å²) in [5.41, 5.74) is 0. The van der Waals surface area contributed by atoms with Crippen LogP contribution < -0.4 is 10.6 Å². The lowest BCUT2D eigenvalue weighted by molar-refractivity contribution is -0.126. The molecule has 0 bridgehead atoms. The molecule has 2 heterocycles. The third-order valence-electron chi connectivity index (χ3n) is 3.18. The highest BCUT2D eigenvalue weighted by Crippen LogP contribution is 2.21. The fraction of sp³-hybridized carbons (Fsp3) is 0.583. The van der Waals surface area contributed by atoms with Crippen molar-refractivity contribution in [3.05, 3.63) is 22.4 Å². The Morgan fingerprint density at radius 2 is 2.44 bits per heavy atom. The van der Waals surface area contributed by atoms with Gasteiger partial charge in [-0.05, 0) is 30.8 Å². The van der Waals surface area contributed by atoms with Crippen molar-refractivity contribution < 1.29 is 4.79 Å². The lowest BCUT2D eigenvalue weighted by Gasteiger charge is -2.18. The van der Waals surface area contributed by atoms with Gasteiger partial charge < -0.3 is 10.6 Å².